The summed E-state index contributed by atoms with van der Waals surface area (Å²) in [5.74, 6) is -2.04. The van der Waals surface area contributed by atoms with Crippen molar-refractivity contribution in [3.8, 4) is 0 Å². The highest BCUT2D eigenvalue weighted by molar-refractivity contribution is 7.91. The number of carboxylic acids is 1. The average molecular weight is 280 g/mol. The van der Waals surface area contributed by atoms with Crippen LogP contribution in [0.4, 0.5) is 0 Å². The van der Waals surface area contributed by atoms with Crippen LogP contribution in [0.15, 0.2) is 0 Å². The maximum atomic E-state index is 11.5. The van der Waals surface area contributed by atoms with Crippen LogP contribution in [0.2, 0.25) is 0 Å². The van der Waals surface area contributed by atoms with Crippen LogP contribution in [0.3, 0.4) is 0 Å². The lowest BCUT2D eigenvalue weighted by Crippen LogP contribution is -2.50. The Bertz CT molecular complexity index is 421. The fourth-order valence-corrected chi connectivity index (χ4v) is 3.11. The van der Waals surface area contributed by atoms with Crippen molar-refractivity contribution in [1.82, 2.24) is 10.6 Å². The van der Waals surface area contributed by atoms with Crippen LogP contribution in [0.25, 0.3) is 0 Å². The molecule has 0 aromatic rings. The van der Waals surface area contributed by atoms with Gasteiger partial charge in [0.2, 0.25) is 5.91 Å². The summed E-state index contributed by atoms with van der Waals surface area (Å²) in [6.07, 6.45) is -0.136. The van der Waals surface area contributed by atoms with Gasteiger partial charge in [-0.15, -0.1) is 0 Å². The normalized spacial score (nSPS) is 24.2. The molecule has 1 saturated heterocycles. The highest BCUT2D eigenvalue weighted by Crippen LogP contribution is 2.05. The average Bonchev–Trinajstić information content (AvgIpc) is 2.23. The number of hydrogen-bond acceptors (Lipinski definition) is 6. The van der Waals surface area contributed by atoms with Gasteiger partial charge in [0.05, 0.1) is 18.1 Å². The van der Waals surface area contributed by atoms with Crippen LogP contribution < -0.4 is 10.6 Å². The SMILES string of the molecule is O=C(CC1CS(=O)(=O)CCN1)N[C@H](CO)C(=O)O. The van der Waals surface area contributed by atoms with E-state index in [1.165, 1.54) is 0 Å². The van der Waals surface area contributed by atoms with Crippen LogP contribution in [0, 0.1) is 0 Å². The second kappa shape index (κ2) is 6.12. The first-order valence-electron chi connectivity index (χ1n) is 5.41. The predicted octanol–water partition coefficient (Wildman–Crippen LogP) is -2.68. The summed E-state index contributed by atoms with van der Waals surface area (Å²) in [6.45, 7) is -0.430. The van der Waals surface area contributed by atoms with Crippen LogP contribution in [-0.2, 0) is 19.4 Å². The van der Waals surface area contributed by atoms with E-state index in [0.29, 0.717) is 0 Å². The standard InChI is InChI=1S/C9H16N2O6S/c12-4-7(9(14)15)11-8(13)3-6-5-18(16,17)2-1-10-6/h6-7,10,12H,1-5H2,(H,11,13)(H,14,15)/t6?,7-/m1/s1. The summed E-state index contributed by atoms with van der Waals surface area (Å²) in [6, 6.07) is -1.88. The lowest BCUT2D eigenvalue weighted by atomic mass is 10.2. The topological polar surface area (TPSA) is 133 Å². The van der Waals surface area contributed by atoms with Gasteiger partial charge in [-0.1, -0.05) is 0 Å². The molecule has 0 aromatic heterocycles. The number of aliphatic carboxylic acids is 1. The Kier molecular flexibility index (Phi) is 5.05. The Labute approximate surface area is 104 Å². The Morgan fingerprint density at radius 1 is 1.44 bits per heavy atom. The molecule has 9 heteroatoms. The molecule has 0 aromatic carbocycles. The molecule has 1 heterocycles. The Hall–Kier alpha value is -1.19. The van der Waals surface area contributed by atoms with Gasteiger partial charge in [0.25, 0.3) is 0 Å². The summed E-state index contributed by atoms with van der Waals surface area (Å²) in [4.78, 5) is 22.1. The molecule has 0 aliphatic carbocycles. The molecule has 1 aliphatic rings. The zero-order valence-corrected chi connectivity index (χ0v) is 10.4. The second-order valence-electron chi connectivity index (χ2n) is 4.11. The van der Waals surface area contributed by atoms with Crippen LogP contribution in [0.5, 0.6) is 0 Å². The number of aliphatic hydroxyl groups is 1. The molecule has 104 valence electrons. The maximum Gasteiger partial charge on any atom is 0.328 e. The number of rotatable bonds is 5. The van der Waals surface area contributed by atoms with E-state index >= 15 is 0 Å². The van der Waals surface area contributed by atoms with Gasteiger partial charge in [-0.25, -0.2) is 13.2 Å². The fraction of sp³-hybridized carbons (Fsp3) is 0.778. The molecular weight excluding hydrogens is 264 g/mol. The molecule has 1 aliphatic heterocycles. The minimum absolute atomic E-state index is 0.0412. The van der Waals surface area contributed by atoms with Crippen molar-refractivity contribution in [2.45, 2.75) is 18.5 Å². The van der Waals surface area contributed by atoms with Crippen molar-refractivity contribution >= 4 is 21.7 Å². The minimum atomic E-state index is -3.14. The first-order chi connectivity index (χ1) is 8.34. The third kappa shape index (κ3) is 4.59. The molecule has 1 amide bonds. The predicted molar refractivity (Wildman–Crippen MR) is 61.7 cm³/mol. The smallest absolute Gasteiger partial charge is 0.328 e. The van der Waals surface area contributed by atoms with Crippen LogP contribution in [0.1, 0.15) is 6.42 Å². The zero-order valence-electron chi connectivity index (χ0n) is 9.63. The van der Waals surface area contributed by atoms with Gasteiger partial charge in [-0.3, -0.25) is 4.79 Å². The van der Waals surface area contributed by atoms with Crippen LogP contribution in [-0.4, -0.2) is 67.2 Å². The summed E-state index contributed by atoms with van der Waals surface area (Å²) in [5.41, 5.74) is 0. The van der Waals surface area contributed by atoms with Gasteiger partial charge in [0, 0.05) is 19.0 Å². The van der Waals surface area contributed by atoms with Crippen LogP contribution >= 0.6 is 0 Å². The molecule has 8 nitrogen and oxygen atoms in total. The van der Waals surface area contributed by atoms with Gasteiger partial charge < -0.3 is 20.8 Å². The highest BCUT2D eigenvalue weighted by Gasteiger charge is 2.27. The van der Waals surface area contributed by atoms with Crippen molar-refractivity contribution in [2.24, 2.45) is 0 Å². The van der Waals surface area contributed by atoms with E-state index in [9.17, 15) is 18.0 Å². The van der Waals surface area contributed by atoms with E-state index in [1.54, 1.807) is 0 Å². The van der Waals surface area contributed by atoms with Gasteiger partial charge in [0.1, 0.15) is 6.04 Å². The number of sulfone groups is 1. The lowest BCUT2D eigenvalue weighted by Gasteiger charge is -2.23. The van der Waals surface area contributed by atoms with Gasteiger partial charge in [-0.2, -0.15) is 0 Å². The number of carbonyl (C=O) groups excluding carboxylic acids is 1. The first-order valence-corrected chi connectivity index (χ1v) is 7.23. The van der Waals surface area contributed by atoms with Gasteiger partial charge in [0.15, 0.2) is 9.84 Å². The number of hydrogen-bond donors (Lipinski definition) is 4. The molecule has 0 bridgehead atoms. The molecule has 18 heavy (non-hydrogen) atoms. The Morgan fingerprint density at radius 3 is 2.61 bits per heavy atom. The number of carboxylic acid groups (broad SMARTS) is 1. The van der Waals surface area contributed by atoms with Crippen molar-refractivity contribution in [1.29, 1.82) is 0 Å². The van der Waals surface area contributed by atoms with E-state index in [0.717, 1.165) is 0 Å². The first kappa shape index (κ1) is 14.9. The van der Waals surface area contributed by atoms with Gasteiger partial charge in [-0.05, 0) is 0 Å². The largest absolute Gasteiger partial charge is 0.480 e. The monoisotopic (exact) mass is 280 g/mol. The number of carbonyl (C=O) groups is 2. The van der Waals surface area contributed by atoms with Crippen molar-refractivity contribution in [2.75, 3.05) is 24.7 Å². The minimum Gasteiger partial charge on any atom is -0.480 e. The number of amides is 1. The van der Waals surface area contributed by atoms with Crippen molar-refractivity contribution in [3.63, 3.8) is 0 Å². The van der Waals surface area contributed by atoms with E-state index in [4.69, 9.17) is 10.2 Å². The molecule has 1 unspecified atom stereocenters. The Balaban J connectivity index is 2.47. The summed E-state index contributed by atoms with van der Waals surface area (Å²) in [7, 11) is -3.14. The summed E-state index contributed by atoms with van der Waals surface area (Å²) >= 11 is 0. The van der Waals surface area contributed by atoms with E-state index in [2.05, 4.69) is 10.6 Å². The van der Waals surface area contributed by atoms with E-state index in [-0.39, 0.29) is 24.5 Å². The number of nitrogens with one attached hydrogen (secondary N) is 2. The van der Waals surface area contributed by atoms with E-state index < -0.39 is 40.4 Å². The molecule has 0 radical (unpaired) electrons. The second-order valence-corrected chi connectivity index (χ2v) is 6.34. The van der Waals surface area contributed by atoms with Gasteiger partial charge >= 0.3 is 5.97 Å². The summed E-state index contributed by atoms with van der Waals surface area (Å²) in [5, 5.41) is 22.3. The molecule has 0 saturated carbocycles. The fourth-order valence-electron chi connectivity index (χ4n) is 1.66. The molecular formula is C9H16N2O6S. The molecule has 1 rings (SSSR count). The van der Waals surface area contributed by atoms with E-state index in [1.807, 2.05) is 0 Å². The quantitative estimate of drug-likeness (QED) is 0.431. The molecule has 1 fully saturated rings. The number of aliphatic hydroxyl groups excluding tert-OH is 1. The third-order valence-corrected chi connectivity index (χ3v) is 4.29. The van der Waals surface area contributed by atoms with Crippen molar-refractivity contribution < 1.29 is 28.2 Å². The summed E-state index contributed by atoms with van der Waals surface area (Å²) < 4.78 is 22.6. The lowest BCUT2D eigenvalue weighted by molar-refractivity contribution is -0.143. The molecule has 4 N–H and O–H groups in total. The maximum absolute atomic E-state index is 11.5. The molecule has 0 spiro atoms. The molecule has 2 atom stereocenters. The van der Waals surface area contributed by atoms with Crippen molar-refractivity contribution in [3.05, 3.63) is 0 Å². The zero-order chi connectivity index (χ0) is 13.8. The highest BCUT2D eigenvalue weighted by atomic mass is 32.2. The Morgan fingerprint density at radius 2 is 2.11 bits per heavy atom. The third-order valence-electron chi connectivity index (χ3n) is 2.55.